The van der Waals surface area contributed by atoms with Crippen LogP contribution in [0.4, 0.5) is 5.69 Å². The van der Waals surface area contributed by atoms with E-state index in [2.05, 4.69) is 10.3 Å². The van der Waals surface area contributed by atoms with E-state index in [1.807, 2.05) is 25.1 Å². The zero-order chi connectivity index (χ0) is 11.5. The lowest BCUT2D eigenvalue weighted by Gasteiger charge is -2.10. The van der Waals surface area contributed by atoms with E-state index in [9.17, 15) is 0 Å². The van der Waals surface area contributed by atoms with Gasteiger partial charge in [-0.15, -0.1) is 0 Å². The molecular weight excluding hydrogens is 222 g/mol. The minimum absolute atomic E-state index is 0.601. The van der Waals surface area contributed by atoms with Crippen LogP contribution in [0, 0.1) is 6.92 Å². The number of anilines is 1. The quantitative estimate of drug-likeness (QED) is 0.860. The lowest BCUT2D eigenvalue weighted by atomic mass is 10.1. The van der Waals surface area contributed by atoms with Gasteiger partial charge in [-0.1, -0.05) is 11.6 Å². The Labute approximate surface area is 99.6 Å². The molecule has 2 rings (SSSR count). The van der Waals surface area contributed by atoms with Gasteiger partial charge in [0.25, 0.3) is 0 Å². The second-order valence-corrected chi connectivity index (χ2v) is 4.13. The van der Waals surface area contributed by atoms with Crippen LogP contribution in [-0.2, 0) is 0 Å². The summed E-state index contributed by atoms with van der Waals surface area (Å²) in [6, 6.07) is 5.78. The molecule has 0 saturated heterocycles. The third-order valence-corrected chi connectivity index (χ3v) is 2.68. The maximum Gasteiger partial charge on any atom is 0.0752 e. The smallest absolute Gasteiger partial charge is 0.0752 e. The zero-order valence-electron chi connectivity index (χ0n) is 9.13. The number of nitrogens with two attached hydrogens (primary N) is 1. The van der Waals surface area contributed by atoms with Crippen molar-refractivity contribution in [1.29, 1.82) is 0 Å². The molecule has 1 aromatic carbocycles. The first-order chi connectivity index (χ1) is 7.72. The molecule has 2 aromatic rings. The number of rotatable bonds is 3. The fourth-order valence-electron chi connectivity index (χ4n) is 1.75. The highest BCUT2D eigenvalue weighted by atomic mass is 35.5. The minimum Gasteiger partial charge on any atom is -0.383 e. The van der Waals surface area contributed by atoms with Crippen molar-refractivity contribution >= 4 is 28.2 Å². The molecule has 0 amide bonds. The number of halogens is 1. The van der Waals surface area contributed by atoms with Gasteiger partial charge >= 0.3 is 0 Å². The molecule has 1 heterocycles. The van der Waals surface area contributed by atoms with E-state index < -0.39 is 0 Å². The van der Waals surface area contributed by atoms with Gasteiger partial charge in [0, 0.05) is 35.4 Å². The second-order valence-electron chi connectivity index (χ2n) is 3.69. The first-order valence-electron chi connectivity index (χ1n) is 5.21. The van der Waals surface area contributed by atoms with Gasteiger partial charge in [-0.2, -0.15) is 0 Å². The number of benzene rings is 1. The van der Waals surface area contributed by atoms with Crippen LogP contribution >= 0.6 is 11.6 Å². The maximum absolute atomic E-state index is 6.05. The summed E-state index contributed by atoms with van der Waals surface area (Å²) in [6.45, 7) is 3.35. The topological polar surface area (TPSA) is 50.9 Å². The number of nitrogens with zero attached hydrogens (tertiary/aromatic N) is 1. The Bertz CT molecular complexity index is 511. The van der Waals surface area contributed by atoms with E-state index in [1.54, 1.807) is 6.20 Å². The SMILES string of the molecule is Cc1cc(Cl)cc2c(NCCN)ccnc12. The van der Waals surface area contributed by atoms with Gasteiger partial charge < -0.3 is 11.1 Å². The molecule has 16 heavy (non-hydrogen) atoms. The number of aryl methyl sites for hydroxylation is 1. The Kier molecular flexibility index (Phi) is 3.27. The van der Waals surface area contributed by atoms with Crippen LogP contribution < -0.4 is 11.1 Å². The van der Waals surface area contributed by atoms with Crippen molar-refractivity contribution in [3.8, 4) is 0 Å². The Balaban J connectivity index is 2.57. The monoisotopic (exact) mass is 235 g/mol. The first kappa shape index (κ1) is 11.2. The Hall–Kier alpha value is -1.32. The summed E-state index contributed by atoms with van der Waals surface area (Å²) >= 11 is 6.05. The standard InChI is InChI=1S/C12H14ClN3/c1-8-6-9(13)7-10-11(15-5-3-14)2-4-16-12(8)10/h2,4,6-7H,3,5,14H2,1H3,(H,15,16). The van der Waals surface area contributed by atoms with Crippen LogP contribution in [0.15, 0.2) is 24.4 Å². The molecule has 0 aliphatic heterocycles. The number of pyridine rings is 1. The average molecular weight is 236 g/mol. The number of fused-ring (bicyclic) bond motifs is 1. The van der Waals surface area contributed by atoms with Gasteiger partial charge in [0.1, 0.15) is 0 Å². The molecule has 0 spiro atoms. The average Bonchev–Trinajstić information content (AvgIpc) is 2.26. The molecule has 0 aliphatic carbocycles. The van der Waals surface area contributed by atoms with Crippen molar-refractivity contribution in [1.82, 2.24) is 4.98 Å². The molecule has 0 fully saturated rings. The molecule has 0 atom stereocenters. The van der Waals surface area contributed by atoms with Crippen LogP contribution in [-0.4, -0.2) is 18.1 Å². The second kappa shape index (κ2) is 4.68. The van der Waals surface area contributed by atoms with Gasteiger partial charge in [0.2, 0.25) is 0 Å². The van der Waals surface area contributed by atoms with E-state index in [-0.39, 0.29) is 0 Å². The molecule has 4 heteroatoms. The largest absolute Gasteiger partial charge is 0.383 e. The predicted octanol–water partition coefficient (Wildman–Crippen LogP) is 2.57. The van der Waals surface area contributed by atoms with Crippen molar-refractivity contribution in [3.63, 3.8) is 0 Å². The molecule has 3 nitrogen and oxygen atoms in total. The van der Waals surface area contributed by atoms with Crippen LogP contribution in [0.25, 0.3) is 10.9 Å². The Morgan fingerprint density at radius 1 is 1.44 bits per heavy atom. The highest BCUT2D eigenvalue weighted by molar-refractivity contribution is 6.31. The Morgan fingerprint density at radius 2 is 2.25 bits per heavy atom. The van der Waals surface area contributed by atoms with Crippen molar-refractivity contribution in [2.24, 2.45) is 5.73 Å². The first-order valence-corrected chi connectivity index (χ1v) is 5.59. The lowest BCUT2D eigenvalue weighted by Crippen LogP contribution is -2.13. The van der Waals surface area contributed by atoms with Crippen LogP contribution in [0.1, 0.15) is 5.56 Å². The van der Waals surface area contributed by atoms with E-state index >= 15 is 0 Å². The molecule has 0 bridgehead atoms. The van der Waals surface area contributed by atoms with Crippen molar-refractivity contribution in [2.45, 2.75) is 6.92 Å². The zero-order valence-corrected chi connectivity index (χ0v) is 9.88. The van der Waals surface area contributed by atoms with Crippen molar-refractivity contribution < 1.29 is 0 Å². The molecule has 0 radical (unpaired) electrons. The molecule has 0 aliphatic rings. The van der Waals surface area contributed by atoms with Gasteiger partial charge in [-0.25, -0.2) is 0 Å². The predicted molar refractivity (Wildman–Crippen MR) is 69.0 cm³/mol. The van der Waals surface area contributed by atoms with E-state index in [0.717, 1.165) is 33.7 Å². The van der Waals surface area contributed by atoms with Crippen molar-refractivity contribution in [2.75, 3.05) is 18.4 Å². The van der Waals surface area contributed by atoms with Crippen molar-refractivity contribution in [3.05, 3.63) is 35.0 Å². The van der Waals surface area contributed by atoms with Gasteiger partial charge in [-0.05, 0) is 30.7 Å². The summed E-state index contributed by atoms with van der Waals surface area (Å²) in [5, 5.41) is 5.04. The fourth-order valence-corrected chi connectivity index (χ4v) is 2.02. The molecule has 84 valence electrons. The number of nitrogens with one attached hydrogen (secondary N) is 1. The minimum atomic E-state index is 0.601. The van der Waals surface area contributed by atoms with E-state index in [0.29, 0.717) is 6.54 Å². The summed E-state index contributed by atoms with van der Waals surface area (Å²) in [4.78, 5) is 4.36. The molecule has 0 saturated carbocycles. The van der Waals surface area contributed by atoms with Crippen LogP contribution in [0.2, 0.25) is 5.02 Å². The lowest BCUT2D eigenvalue weighted by molar-refractivity contribution is 1.03. The summed E-state index contributed by atoms with van der Waals surface area (Å²) in [6.07, 6.45) is 1.79. The summed E-state index contributed by atoms with van der Waals surface area (Å²) in [7, 11) is 0. The molecule has 3 N–H and O–H groups in total. The molecule has 1 aromatic heterocycles. The highest BCUT2D eigenvalue weighted by Crippen LogP contribution is 2.27. The summed E-state index contributed by atoms with van der Waals surface area (Å²) in [5.41, 5.74) is 8.57. The van der Waals surface area contributed by atoms with Gasteiger partial charge in [0.15, 0.2) is 0 Å². The Morgan fingerprint density at radius 3 is 3.00 bits per heavy atom. The number of hydrogen-bond acceptors (Lipinski definition) is 3. The number of hydrogen-bond donors (Lipinski definition) is 2. The van der Waals surface area contributed by atoms with E-state index in [4.69, 9.17) is 17.3 Å². The van der Waals surface area contributed by atoms with Crippen LogP contribution in [0.3, 0.4) is 0 Å². The fraction of sp³-hybridized carbons (Fsp3) is 0.250. The molecular formula is C12H14ClN3. The molecule has 0 unspecified atom stereocenters. The summed E-state index contributed by atoms with van der Waals surface area (Å²) in [5.74, 6) is 0. The number of aromatic nitrogens is 1. The normalized spacial score (nSPS) is 10.7. The third kappa shape index (κ3) is 2.10. The summed E-state index contributed by atoms with van der Waals surface area (Å²) < 4.78 is 0. The third-order valence-electron chi connectivity index (χ3n) is 2.46. The van der Waals surface area contributed by atoms with E-state index in [1.165, 1.54) is 0 Å². The van der Waals surface area contributed by atoms with Gasteiger partial charge in [-0.3, -0.25) is 4.98 Å². The van der Waals surface area contributed by atoms with Gasteiger partial charge in [0.05, 0.1) is 5.52 Å². The maximum atomic E-state index is 6.05. The van der Waals surface area contributed by atoms with Crippen LogP contribution in [0.5, 0.6) is 0 Å². The highest BCUT2D eigenvalue weighted by Gasteiger charge is 2.05.